The van der Waals surface area contributed by atoms with Gasteiger partial charge >= 0.3 is 5.97 Å². The van der Waals surface area contributed by atoms with Crippen LogP contribution >= 0.6 is 0 Å². The van der Waals surface area contributed by atoms with Crippen molar-refractivity contribution in [1.82, 2.24) is 0 Å². The summed E-state index contributed by atoms with van der Waals surface area (Å²) in [6.45, 7) is 3.57. The van der Waals surface area contributed by atoms with Crippen molar-refractivity contribution in [2.75, 3.05) is 33.0 Å². The van der Waals surface area contributed by atoms with E-state index in [-0.39, 0.29) is 19.6 Å². The summed E-state index contributed by atoms with van der Waals surface area (Å²) in [6, 6.07) is 0. The van der Waals surface area contributed by atoms with Gasteiger partial charge in [-0.2, -0.15) is 0 Å². The molecular weight excluding hydrogens is 1000 g/mol. The van der Waals surface area contributed by atoms with Gasteiger partial charge in [0.15, 0.2) is 12.6 Å². The predicted molar refractivity (Wildman–Crippen MR) is 316 cm³/mol. The molecule has 14 heteroatoms. The third-order valence-electron chi connectivity index (χ3n) is 14.7. The zero-order valence-electron chi connectivity index (χ0n) is 49.3. The molecule has 0 aromatic rings. The Morgan fingerprint density at radius 3 is 1.29 bits per heavy atom. The highest BCUT2D eigenvalue weighted by molar-refractivity contribution is 5.69. The molecule has 2 heterocycles. The summed E-state index contributed by atoms with van der Waals surface area (Å²) in [6.07, 6.45) is 49.6. The Labute approximate surface area is 478 Å². The normalized spacial score (nSPS) is 24.5. The number of carbonyl (C=O) groups is 1. The summed E-state index contributed by atoms with van der Waals surface area (Å²) in [5.41, 5.74) is 0. The van der Waals surface area contributed by atoms with Gasteiger partial charge in [-0.15, -0.1) is 0 Å². The molecule has 0 aromatic carbocycles. The molecule has 2 fully saturated rings. The molecule has 11 atom stereocenters. The minimum Gasteiger partial charge on any atom is -0.457 e. The number of esters is 1. The summed E-state index contributed by atoms with van der Waals surface area (Å²) < 4.78 is 34.4. The van der Waals surface area contributed by atoms with E-state index in [0.717, 1.165) is 83.5 Å². The van der Waals surface area contributed by atoms with Crippen molar-refractivity contribution in [1.29, 1.82) is 0 Å². The van der Waals surface area contributed by atoms with Crippen LogP contribution in [0.25, 0.3) is 0 Å². The maximum atomic E-state index is 13.1. The molecule has 0 spiro atoms. The van der Waals surface area contributed by atoms with E-state index in [0.29, 0.717) is 13.0 Å². The number of unbranched alkanes of at least 4 members (excludes halogenated alkanes) is 25. The Balaban J connectivity index is 1.70. The SMILES string of the molecule is CC/C=C\C/C=C\C/C=C\C/C=C\C/C=C\C/C=C\CCCCCCC(=O)OC(COCCCCCCCCCCCCCCCCCCCCCCCC)COC1OC(COC2OC(CO)C(O)C(O)C2O)C(O)C(O)C1O. The van der Waals surface area contributed by atoms with E-state index in [4.69, 9.17) is 28.4 Å². The number of aliphatic hydroxyl groups excluding tert-OH is 7. The summed E-state index contributed by atoms with van der Waals surface area (Å²) >= 11 is 0. The molecule has 0 saturated carbocycles. The zero-order chi connectivity index (χ0) is 57.2. The lowest BCUT2D eigenvalue weighted by Crippen LogP contribution is -2.61. The van der Waals surface area contributed by atoms with Gasteiger partial charge in [0.05, 0.1) is 26.4 Å². The minimum absolute atomic E-state index is 0.0502. The molecule has 0 radical (unpaired) electrons. The molecular formula is C65H114O14. The first-order valence-corrected chi connectivity index (χ1v) is 31.5. The number of ether oxygens (including phenoxy) is 6. The standard InChI is InChI=1S/C65H114O14/c1-3-5-7-9-11-13-15-17-19-21-23-25-27-28-30-32-34-36-38-40-42-44-46-48-57(67)77-54(51-74-49-47-45-43-41-39-37-35-33-31-29-26-24-22-20-18-16-14-12-10-8-6-4-2)52-75-64-63(73)61(71)59(69)56(79-64)53-76-65-62(72)60(70)58(68)55(50-66)78-65/h5,7,11,13,17,19,23,25,28,30,34,36,54-56,58-66,68-73H,3-4,6,8-10,12,14-16,18,20-22,24,26-27,29,31-33,35,37-53H2,1-2H3/b7-5-,13-11-,19-17-,25-23-,30-28-,36-34-. The second-order valence-electron chi connectivity index (χ2n) is 21.9. The highest BCUT2D eigenvalue weighted by atomic mass is 16.7. The highest BCUT2D eigenvalue weighted by Gasteiger charge is 2.47. The molecule has 2 rings (SSSR count). The Morgan fingerprint density at radius 1 is 0.430 bits per heavy atom. The van der Waals surface area contributed by atoms with Gasteiger partial charge in [-0.3, -0.25) is 4.79 Å². The third-order valence-corrected chi connectivity index (χ3v) is 14.7. The average Bonchev–Trinajstić information content (AvgIpc) is 3.46. The van der Waals surface area contributed by atoms with Crippen molar-refractivity contribution in [2.24, 2.45) is 0 Å². The predicted octanol–water partition coefficient (Wildman–Crippen LogP) is 12.2. The van der Waals surface area contributed by atoms with Crippen LogP contribution < -0.4 is 0 Å². The summed E-state index contributed by atoms with van der Waals surface area (Å²) in [5.74, 6) is -0.398. The first-order chi connectivity index (χ1) is 38.6. The van der Waals surface area contributed by atoms with Crippen LogP contribution in [0.2, 0.25) is 0 Å². The van der Waals surface area contributed by atoms with Crippen LogP contribution in [0.15, 0.2) is 72.9 Å². The fourth-order valence-corrected chi connectivity index (χ4v) is 9.70. The van der Waals surface area contributed by atoms with Gasteiger partial charge in [-0.05, 0) is 64.2 Å². The van der Waals surface area contributed by atoms with Crippen molar-refractivity contribution in [3.8, 4) is 0 Å². The van der Waals surface area contributed by atoms with Gasteiger partial charge in [-0.1, -0.05) is 234 Å². The molecule has 2 saturated heterocycles. The maximum absolute atomic E-state index is 13.1. The van der Waals surface area contributed by atoms with Crippen molar-refractivity contribution >= 4 is 5.97 Å². The molecule has 11 unspecified atom stereocenters. The van der Waals surface area contributed by atoms with Crippen LogP contribution in [0.1, 0.15) is 232 Å². The van der Waals surface area contributed by atoms with Crippen molar-refractivity contribution in [3.63, 3.8) is 0 Å². The largest absolute Gasteiger partial charge is 0.457 e. The molecule has 0 aromatic heterocycles. The number of rotatable bonds is 51. The first-order valence-electron chi connectivity index (χ1n) is 31.5. The lowest BCUT2D eigenvalue weighted by Gasteiger charge is -2.42. The second kappa shape index (κ2) is 51.1. The lowest BCUT2D eigenvalue weighted by molar-refractivity contribution is -0.332. The van der Waals surface area contributed by atoms with Gasteiger partial charge < -0.3 is 64.2 Å². The van der Waals surface area contributed by atoms with Crippen molar-refractivity contribution in [2.45, 2.75) is 300 Å². The summed E-state index contributed by atoms with van der Waals surface area (Å²) in [7, 11) is 0. The van der Waals surface area contributed by atoms with E-state index in [9.17, 15) is 40.5 Å². The number of hydrogen-bond acceptors (Lipinski definition) is 14. The fourth-order valence-electron chi connectivity index (χ4n) is 9.70. The van der Waals surface area contributed by atoms with E-state index >= 15 is 0 Å². The molecule has 7 N–H and O–H groups in total. The minimum atomic E-state index is -1.72. The molecule has 79 heavy (non-hydrogen) atoms. The van der Waals surface area contributed by atoms with Crippen LogP contribution in [-0.4, -0.2) is 142 Å². The highest BCUT2D eigenvalue weighted by Crippen LogP contribution is 2.27. The Bertz CT molecular complexity index is 1580. The molecule has 0 aliphatic carbocycles. The second-order valence-corrected chi connectivity index (χ2v) is 21.9. The first kappa shape index (κ1) is 72.5. The number of aliphatic hydroxyl groups is 7. The third kappa shape index (κ3) is 37.3. The van der Waals surface area contributed by atoms with Crippen LogP contribution in [0.4, 0.5) is 0 Å². The van der Waals surface area contributed by atoms with E-state index in [1.54, 1.807) is 0 Å². The zero-order valence-corrected chi connectivity index (χ0v) is 49.3. The molecule has 2 aliphatic rings. The van der Waals surface area contributed by atoms with Gasteiger partial charge in [0.25, 0.3) is 0 Å². The molecule has 0 amide bonds. The van der Waals surface area contributed by atoms with Gasteiger partial charge in [0.2, 0.25) is 0 Å². The van der Waals surface area contributed by atoms with Gasteiger partial charge in [-0.25, -0.2) is 0 Å². The average molecular weight is 1120 g/mol. The van der Waals surface area contributed by atoms with Crippen LogP contribution in [0.3, 0.4) is 0 Å². The van der Waals surface area contributed by atoms with Crippen molar-refractivity contribution < 1.29 is 69.0 Å². The monoisotopic (exact) mass is 1120 g/mol. The van der Waals surface area contributed by atoms with Crippen molar-refractivity contribution in [3.05, 3.63) is 72.9 Å². The molecule has 14 nitrogen and oxygen atoms in total. The molecule has 0 bridgehead atoms. The fraction of sp³-hybridized carbons (Fsp3) is 0.800. The van der Waals surface area contributed by atoms with E-state index in [2.05, 4.69) is 86.8 Å². The maximum Gasteiger partial charge on any atom is 0.306 e. The van der Waals surface area contributed by atoms with Crippen LogP contribution in [0, 0.1) is 0 Å². The Morgan fingerprint density at radius 2 is 0.823 bits per heavy atom. The number of carbonyl (C=O) groups excluding carboxylic acids is 1. The van der Waals surface area contributed by atoms with Gasteiger partial charge in [0, 0.05) is 13.0 Å². The summed E-state index contributed by atoms with van der Waals surface area (Å²) in [5, 5.41) is 72.5. The van der Waals surface area contributed by atoms with E-state index in [1.165, 1.54) is 122 Å². The smallest absolute Gasteiger partial charge is 0.306 e. The Hall–Kier alpha value is -2.57. The number of hydrogen-bond donors (Lipinski definition) is 7. The topological polar surface area (TPSA) is 214 Å². The summed E-state index contributed by atoms with van der Waals surface area (Å²) in [4.78, 5) is 13.1. The molecule has 2 aliphatic heterocycles. The van der Waals surface area contributed by atoms with E-state index < -0.39 is 86.7 Å². The quantitative estimate of drug-likeness (QED) is 0.0172. The van der Waals surface area contributed by atoms with Gasteiger partial charge in [0.1, 0.15) is 54.9 Å². The van der Waals surface area contributed by atoms with Crippen LogP contribution in [0.5, 0.6) is 0 Å². The van der Waals surface area contributed by atoms with Crippen LogP contribution in [-0.2, 0) is 33.2 Å². The number of allylic oxidation sites excluding steroid dienone is 12. The Kier molecular flexibility index (Phi) is 46.9. The molecule has 458 valence electrons. The lowest BCUT2D eigenvalue weighted by atomic mass is 9.98. The van der Waals surface area contributed by atoms with E-state index in [1.807, 2.05) is 0 Å².